The molecule has 0 saturated carbocycles. The molecule has 0 radical (unpaired) electrons. The summed E-state index contributed by atoms with van der Waals surface area (Å²) < 4.78 is 30.8. The maximum atomic E-state index is 13.0. The molecule has 3 rings (SSSR count). The van der Waals surface area contributed by atoms with E-state index in [1.165, 1.54) is 4.31 Å². The fourth-order valence-electron chi connectivity index (χ4n) is 3.28. The first kappa shape index (κ1) is 19.6. The van der Waals surface area contributed by atoms with Gasteiger partial charge < -0.3 is 5.32 Å². The largest absolute Gasteiger partial charge is 0.323 e. The minimum atomic E-state index is -3.67. The predicted octanol–water partition coefficient (Wildman–Crippen LogP) is 1.29. The van der Waals surface area contributed by atoms with Crippen molar-refractivity contribution in [3.8, 4) is 0 Å². The Kier molecular flexibility index (Phi) is 5.38. The Morgan fingerprint density at radius 3 is 2.70 bits per heavy atom. The number of amides is 1. The summed E-state index contributed by atoms with van der Waals surface area (Å²) in [6.45, 7) is 6.65. The van der Waals surface area contributed by atoms with Crippen molar-refractivity contribution in [2.45, 2.75) is 45.1 Å². The van der Waals surface area contributed by atoms with Crippen LogP contribution in [0, 0.1) is 19.8 Å². The van der Waals surface area contributed by atoms with Crippen molar-refractivity contribution in [1.82, 2.24) is 23.9 Å². The average Bonchev–Trinajstić information content (AvgIpc) is 3.19. The van der Waals surface area contributed by atoms with Gasteiger partial charge in [0.25, 0.3) is 0 Å². The number of piperidine rings is 1. The van der Waals surface area contributed by atoms with Crippen molar-refractivity contribution >= 4 is 21.6 Å². The Balaban J connectivity index is 1.76. The Morgan fingerprint density at radius 1 is 1.37 bits per heavy atom. The minimum Gasteiger partial charge on any atom is -0.323 e. The topological polar surface area (TPSA) is 102 Å². The number of nitrogens with one attached hydrogen (secondary N) is 1. The molecule has 1 aliphatic heterocycles. The van der Waals surface area contributed by atoms with E-state index in [0.717, 1.165) is 5.69 Å². The Labute approximate surface area is 159 Å². The van der Waals surface area contributed by atoms with Gasteiger partial charge in [-0.2, -0.15) is 14.5 Å². The van der Waals surface area contributed by atoms with Crippen LogP contribution >= 0.6 is 0 Å². The van der Waals surface area contributed by atoms with Gasteiger partial charge in [0.2, 0.25) is 15.9 Å². The molecular weight excluding hydrogens is 368 g/mol. The highest BCUT2D eigenvalue weighted by Crippen LogP contribution is 2.26. The average molecular weight is 395 g/mol. The quantitative estimate of drug-likeness (QED) is 0.823. The lowest BCUT2D eigenvalue weighted by Crippen LogP contribution is -2.43. The van der Waals surface area contributed by atoms with Crippen molar-refractivity contribution < 1.29 is 13.2 Å². The zero-order valence-electron chi connectivity index (χ0n) is 16.1. The van der Waals surface area contributed by atoms with E-state index in [-0.39, 0.29) is 17.3 Å². The first-order chi connectivity index (χ1) is 12.7. The van der Waals surface area contributed by atoms with Crippen LogP contribution in [0.15, 0.2) is 17.3 Å². The first-order valence-electron chi connectivity index (χ1n) is 9.07. The van der Waals surface area contributed by atoms with E-state index >= 15 is 0 Å². The summed E-state index contributed by atoms with van der Waals surface area (Å²) in [6.07, 6.45) is 4.47. The smallest absolute Gasteiger partial charge is 0.246 e. The van der Waals surface area contributed by atoms with Gasteiger partial charge in [0, 0.05) is 32.9 Å². The van der Waals surface area contributed by atoms with Crippen molar-refractivity contribution in [2.75, 3.05) is 18.4 Å². The maximum Gasteiger partial charge on any atom is 0.246 e. The lowest BCUT2D eigenvalue weighted by molar-refractivity contribution is -0.120. The summed E-state index contributed by atoms with van der Waals surface area (Å²) in [5.74, 6) is -0.568. The first-order valence-corrected chi connectivity index (χ1v) is 10.5. The summed E-state index contributed by atoms with van der Waals surface area (Å²) in [5.41, 5.74) is 1.99. The van der Waals surface area contributed by atoms with E-state index in [1.54, 1.807) is 35.7 Å². The lowest BCUT2D eigenvalue weighted by atomic mass is 9.99. The summed E-state index contributed by atoms with van der Waals surface area (Å²) in [4.78, 5) is 12.9. The predicted molar refractivity (Wildman–Crippen MR) is 101 cm³/mol. The molecule has 1 saturated heterocycles. The second-order valence-electron chi connectivity index (χ2n) is 6.89. The fraction of sp³-hybridized carbons (Fsp3) is 0.588. The molecule has 2 aromatic rings. The number of carbonyl (C=O) groups is 1. The normalized spacial score (nSPS) is 18.6. The molecule has 9 nitrogen and oxygen atoms in total. The van der Waals surface area contributed by atoms with Crippen molar-refractivity contribution in [1.29, 1.82) is 0 Å². The van der Waals surface area contributed by atoms with E-state index < -0.39 is 15.9 Å². The monoisotopic (exact) mass is 394 g/mol. The molecule has 1 N–H and O–H groups in total. The van der Waals surface area contributed by atoms with Crippen molar-refractivity contribution in [2.24, 2.45) is 13.0 Å². The van der Waals surface area contributed by atoms with Crippen LogP contribution in [-0.4, -0.2) is 51.3 Å². The fourth-order valence-corrected chi connectivity index (χ4v) is 4.98. The number of hydrogen-bond donors (Lipinski definition) is 1. The molecule has 3 heterocycles. The molecule has 148 valence electrons. The summed E-state index contributed by atoms with van der Waals surface area (Å²) in [6, 6.07) is 0. The highest BCUT2D eigenvalue weighted by Gasteiger charge is 2.35. The number of carbonyl (C=O) groups excluding carboxylic acids is 1. The van der Waals surface area contributed by atoms with Gasteiger partial charge in [0.15, 0.2) is 0 Å². The van der Waals surface area contributed by atoms with E-state index in [2.05, 4.69) is 15.5 Å². The standard InChI is InChI=1S/C17H26N6O3S/c1-5-22-11-16(12(2)20-22)27(25,26)23-8-6-7-14(10-23)17(24)19-15-9-18-21(4)13(15)3/h9,11,14H,5-8,10H2,1-4H3,(H,19,24). The van der Waals surface area contributed by atoms with Gasteiger partial charge in [0.05, 0.1) is 29.2 Å². The highest BCUT2D eigenvalue weighted by atomic mass is 32.2. The highest BCUT2D eigenvalue weighted by molar-refractivity contribution is 7.89. The zero-order chi connectivity index (χ0) is 19.8. The van der Waals surface area contributed by atoms with E-state index in [0.29, 0.717) is 37.3 Å². The van der Waals surface area contributed by atoms with E-state index in [9.17, 15) is 13.2 Å². The molecule has 2 aromatic heterocycles. The van der Waals surface area contributed by atoms with Gasteiger partial charge in [-0.25, -0.2) is 8.42 Å². The number of aryl methyl sites for hydroxylation is 3. The van der Waals surface area contributed by atoms with Crippen molar-refractivity contribution in [3.63, 3.8) is 0 Å². The molecule has 0 spiro atoms. The number of hydrogen-bond acceptors (Lipinski definition) is 5. The SMILES string of the molecule is CCn1cc(S(=O)(=O)N2CCCC(C(=O)Nc3cnn(C)c3C)C2)c(C)n1. The summed E-state index contributed by atoms with van der Waals surface area (Å²) in [7, 11) is -1.87. The Morgan fingerprint density at radius 2 is 2.11 bits per heavy atom. The van der Waals surface area contributed by atoms with Crippen LogP contribution in [0.4, 0.5) is 5.69 Å². The van der Waals surface area contributed by atoms with Gasteiger partial charge in [0.1, 0.15) is 4.90 Å². The molecule has 0 bridgehead atoms. The minimum absolute atomic E-state index is 0.171. The van der Waals surface area contributed by atoms with Gasteiger partial charge in [-0.05, 0) is 33.6 Å². The molecular formula is C17H26N6O3S. The Bertz CT molecular complexity index is 946. The number of anilines is 1. The molecule has 27 heavy (non-hydrogen) atoms. The van der Waals surface area contributed by atoms with Gasteiger partial charge >= 0.3 is 0 Å². The van der Waals surface area contributed by atoms with E-state index in [1.807, 2.05) is 13.8 Å². The molecule has 1 atom stereocenters. The third-order valence-corrected chi connectivity index (χ3v) is 7.06. The van der Waals surface area contributed by atoms with Crippen LogP contribution in [-0.2, 0) is 28.4 Å². The second-order valence-corrected chi connectivity index (χ2v) is 8.80. The summed E-state index contributed by atoms with van der Waals surface area (Å²) in [5, 5.41) is 11.2. The second kappa shape index (κ2) is 7.43. The summed E-state index contributed by atoms with van der Waals surface area (Å²) >= 11 is 0. The molecule has 1 aliphatic rings. The van der Waals surface area contributed by atoms with Crippen LogP contribution in [0.5, 0.6) is 0 Å². The number of rotatable bonds is 5. The number of aromatic nitrogens is 4. The number of sulfonamides is 1. The van der Waals surface area contributed by atoms with Gasteiger partial charge in [-0.1, -0.05) is 0 Å². The molecule has 1 fully saturated rings. The number of nitrogens with zero attached hydrogens (tertiary/aromatic N) is 5. The van der Waals surface area contributed by atoms with Crippen LogP contribution < -0.4 is 5.32 Å². The molecule has 1 unspecified atom stereocenters. The third-order valence-electron chi connectivity index (χ3n) is 5.09. The van der Waals surface area contributed by atoms with Crippen LogP contribution in [0.2, 0.25) is 0 Å². The van der Waals surface area contributed by atoms with Crippen molar-refractivity contribution in [3.05, 3.63) is 23.8 Å². The van der Waals surface area contributed by atoms with Gasteiger partial charge in [-0.3, -0.25) is 14.2 Å². The van der Waals surface area contributed by atoms with Crippen LogP contribution in [0.25, 0.3) is 0 Å². The molecule has 10 heteroatoms. The molecule has 0 aliphatic carbocycles. The van der Waals surface area contributed by atoms with Crippen LogP contribution in [0.3, 0.4) is 0 Å². The zero-order valence-corrected chi connectivity index (χ0v) is 17.0. The third kappa shape index (κ3) is 3.77. The molecule has 0 aromatic carbocycles. The lowest BCUT2D eigenvalue weighted by Gasteiger charge is -2.31. The Hall–Kier alpha value is -2.20. The molecule has 1 amide bonds. The maximum absolute atomic E-state index is 13.0. The van der Waals surface area contributed by atoms with E-state index in [4.69, 9.17) is 0 Å². The van der Waals surface area contributed by atoms with Crippen LogP contribution in [0.1, 0.15) is 31.2 Å². The van der Waals surface area contributed by atoms with Gasteiger partial charge in [-0.15, -0.1) is 0 Å².